The Morgan fingerprint density at radius 1 is 1.50 bits per heavy atom. The molecule has 0 bridgehead atoms. The maximum Gasteiger partial charge on any atom is 0.358 e. The van der Waals surface area contributed by atoms with Crippen molar-refractivity contribution in [3.8, 4) is 0 Å². The third kappa shape index (κ3) is 3.48. The van der Waals surface area contributed by atoms with Crippen LogP contribution in [0.1, 0.15) is 49.8 Å². The van der Waals surface area contributed by atoms with Crippen LogP contribution in [0.4, 0.5) is 5.69 Å². The van der Waals surface area contributed by atoms with Gasteiger partial charge in [-0.05, 0) is 32.6 Å². The Morgan fingerprint density at radius 3 is 2.72 bits per heavy atom. The molecular formula is C13H23N3O2. The molecule has 1 aromatic rings. The molecule has 0 fully saturated rings. The molecule has 1 heterocycles. The molecule has 5 heteroatoms. The molecule has 1 aromatic heterocycles. The number of ether oxygens (including phenoxy) is 1. The van der Waals surface area contributed by atoms with Crippen molar-refractivity contribution in [1.29, 1.82) is 0 Å². The van der Waals surface area contributed by atoms with Crippen molar-refractivity contribution in [2.24, 2.45) is 5.92 Å². The van der Waals surface area contributed by atoms with Gasteiger partial charge >= 0.3 is 5.97 Å². The van der Waals surface area contributed by atoms with Crippen LogP contribution in [0, 0.1) is 12.8 Å². The molecule has 0 radical (unpaired) electrons. The average molecular weight is 253 g/mol. The van der Waals surface area contributed by atoms with E-state index in [2.05, 4.69) is 18.9 Å². The largest absolute Gasteiger partial charge is 0.461 e. The molecule has 0 saturated carbocycles. The second-order valence-corrected chi connectivity index (χ2v) is 4.84. The average Bonchev–Trinajstić information content (AvgIpc) is 2.60. The molecular weight excluding hydrogens is 230 g/mol. The van der Waals surface area contributed by atoms with Gasteiger partial charge in [-0.3, -0.25) is 4.68 Å². The molecule has 1 rings (SSSR count). The molecule has 0 saturated heterocycles. The van der Waals surface area contributed by atoms with Gasteiger partial charge in [0, 0.05) is 6.54 Å². The number of nitrogens with zero attached hydrogens (tertiary/aromatic N) is 2. The summed E-state index contributed by atoms with van der Waals surface area (Å²) in [4.78, 5) is 11.9. The third-order valence-corrected chi connectivity index (χ3v) is 2.83. The molecule has 0 amide bonds. The van der Waals surface area contributed by atoms with Crippen LogP contribution < -0.4 is 5.73 Å². The second kappa shape index (κ2) is 6.42. The van der Waals surface area contributed by atoms with Gasteiger partial charge < -0.3 is 10.5 Å². The van der Waals surface area contributed by atoms with Crippen molar-refractivity contribution in [2.75, 3.05) is 12.3 Å². The van der Waals surface area contributed by atoms with Gasteiger partial charge in [0.25, 0.3) is 0 Å². The maximum absolute atomic E-state index is 11.9. The van der Waals surface area contributed by atoms with E-state index in [0.717, 1.165) is 12.8 Å². The van der Waals surface area contributed by atoms with Crippen molar-refractivity contribution < 1.29 is 9.53 Å². The summed E-state index contributed by atoms with van der Waals surface area (Å²) in [5, 5.41) is 4.20. The Balaban J connectivity index is 2.61. The Labute approximate surface area is 108 Å². The highest BCUT2D eigenvalue weighted by molar-refractivity contribution is 5.93. The van der Waals surface area contributed by atoms with Gasteiger partial charge in [0.1, 0.15) is 0 Å². The summed E-state index contributed by atoms with van der Waals surface area (Å²) < 4.78 is 6.83. The fraction of sp³-hybridized carbons (Fsp3) is 0.692. The zero-order valence-electron chi connectivity index (χ0n) is 11.7. The number of carbonyl (C=O) groups is 1. The van der Waals surface area contributed by atoms with E-state index in [-0.39, 0.29) is 5.97 Å². The highest BCUT2D eigenvalue weighted by Crippen LogP contribution is 2.17. The Bertz CT molecular complexity index is 411. The van der Waals surface area contributed by atoms with Crippen molar-refractivity contribution >= 4 is 11.7 Å². The van der Waals surface area contributed by atoms with Crippen LogP contribution in [-0.2, 0) is 11.3 Å². The first-order valence-electron chi connectivity index (χ1n) is 6.47. The predicted octanol–water partition coefficient (Wildman–Crippen LogP) is 2.39. The summed E-state index contributed by atoms with van der Waals surface area (Å²) in [6, 6.07) is 0. The van der Waals surface area contributed by atoms with E-state index in [1.165, 1.54) is 0 Å². The fourth-order valence-corrected chi connectivity index (χ4v) is 1.76. The fourth-order valence-electron chi connectivity index (χ4n) is 1.76. The number of hydrogen-bond acceptors (Lipinski definition) is 4. The van der Waals surface area contributed by atoms with E-state index in [0.29, 0.717) is 36.1 Å². The zero-order valence-corrected chi connectivity index (χ0v) is 11.7. The molecule has 0 atom stereocenters. The topological polar surface area (TPSA) is 70.1 Å². The van der Waals surface area contributed by atoms with Crippen LogP contribution in [0.3, 0.4) is 0 Å². The first kappa shape index (κ1) is 14.5. The SMILES string of the molecule is CCn1nc(C)c(N)c1C(=O)OCCCC(C)C. The molecule has 0 aliphatic heterocycles. The van der Waals surface area contributed by atoms with Gasteiger partial charge in [-0.25, -0.2) is 4.79 Å². The Kier molecular flexibility index (Phi) is 5.19. The molecule has 2 N–H and O–H groups in total. The quantitative estimate of drug-likeness (QED) is 0.624. The summed E-state index contributed by atoms with van der Waals surface area (Å²) in [7, 11) is 0. The minimum atomic E-state index is -0.376. The zero-order chi connectivity index (χ0) is 13.7. The molecule has 18 heavy (non-hydrogen) atoms. The summed E-state index contributed by atoms with van der Waals surface area (Å²) in [6.45, 7) is 9.04. The van der Waals surface area contributed by atoms with Crippen LogP contribution >= 0.6 is 0 Å². The maximum atomic E-state index is 11.9. The summed E-state index contributed by atoms with van der Waals surface area (Å²) in [5.41, 5.74) is 7.32. The van der Waals surface area contributed by atoms with Crippen molar-refractivity contribution in [3.63, 3.8) is 0 Å². The number of carbonyl (C=O) groups excluding carboxylic acids is 1. The van der Waals surface area contributed by atoms with E-state index in [9.17, 15) is 4.79 Å². The monoisotopic (exact) mass is 253 g/mol. The first-order valence-corrected chi connectivity index (χ1v) is 6.47. The molecule has 0 spiro atoms. The van der Waals surface area contributed by atoms with Gasteiger partial charge in [-0.15, -0.1) is 0 Å². The minimum Gasteiger partial charge on any atom is -0.461 e. The summed E-state index contributed by atoms with van der Waals surface area (Å²) >= 11 is 0. The van der Waals surface area contributed by atoms with E-state index >= 15 is 0 Å². The number of nitrogen functional groups attached to an aromatic ring is 1. The summed E-state index contributed by atoms with van der Waals surface area (Å²) in [5.74, 6) is 0.246. The van der Waals surface area contributed by atoms with Gasteiger partial charge in [-0.2, -0.15) is 5.10 Å². The molecule has 0 aliphatic rings. The molecule has 5 nitrogen and oxygen atoms in total. The minimum absolute atomic E-state index is 0.375. The molecule has 0 aromatic carbocycles. The van der Waals surface area contributed by atoms with E-state index < -0.39 is 0 Å². The van der Waals surface area contributed by atoms with Crippen LogP contribution in [0.25, 0.3) is 0 Å². The van der Waals surface area contributed by atoms with Crippen LogP contribution in [0.2, 0.25) is 0 Å². The number of esters is 1. The van der Waals surface area contributed by atoms with Gasteiger partial charge in [0.15, 0.2) is 5.69 Å². The number of nitrogens with two attached hydrogens (primary N) is 1. The lowest BCUT2D eigenvalue weighted by Gasteiger charge is -2.08. The number of aryl methyl sites for hydroxylation is 2. The second-order valence-electron chi connectivity index (χ2n) is 4.84. The Hall–Kier alpha value is -1.52. The number of aromatic nitrogens is 2. The predicted molar refractivity (Wildman–Crippen MR) is 71.4 cm³/mol. The van der Waals surface area contributed by atoms with E-state index in [1.807, 2.05) is 6.92 Å². The molecule has 0 aliphatic carbocycles. The van der Waals surface area contributed by atoms with Crippen LogP contribution in [0.15, 0.2) is 0 Å². The number of anilines is 1. The third-order valence-electron chi connectivity index (χ3n) is 2.83. The van der Waals surface area contributed by atoms with Crippen molar-refractivity contribution in [3.05, 3.63) is 11.4 Å². The normalized spacial score (nSPS) is 10.9. The van der Waals surface area contributed by atoms with Crippen molar-refractivity contribution in [1.82, 2.24) is 9.78 Å². The van der Waals surface area contributed by atoms with Gasteiger partial charge in [0.05, 0.1) is 18.0 Å². The van der Waals surface area contributed by atoms with Gasteiger partial charge in [-0.1, -0.05) is 13.8 Å². The lowest BCUT2D eigenvalue weighted by Crippen LogP contribution is -2.15. The lowest BCUT2D eigenvalue weighted by atomic mass is 10.1. The number of rotatable bonds is 6. The summed E-state index contributed by atoms with van der Waals surface area (Å²) in [6.07, 6.45) is 1.93. The smallest absolute Gasteiger partial charge is 0.358 e. The molecule has 102 valence electrons. The molecule has 0 unspecified atom stereocenters. The Morgan fingerprint density at radius 2 is 2.17 bits per heavy atom. The van der Waals surface area contributed by atoms with Crippen LogP contribution in [-0.4, -0.2) is 22.4 Å². The van der Waals surface area contributed by atoms with E-state index in [1.54, 1.807) is 11.6 Å². The van der Waals surface area contributed by atoms with Crippen molar-refractivity contribution in [2.45, 2.75) is 47.1 Å². The number of hydrogen-bond donors (Lipinski definition) is 1. The van der Waals surface area contributed by atoms with Crippen LogP contribution in [0.5, 0.6) is 0 Å². The highest BCUT2D eigenvalue weighted by Gasteiger charge is 2.20. The highest BCUT2D eigenvalue weighted by atomic mass is 16.5. The first-order chi connectivity index (χ1) is 8.47. The van der Waals surface area contributed by atoms with Gasteiger partial charge in [0.2, 0.25) is 0 Å². The standard InChI is InChI=1S/C13H23N3O2/c1-5-16-12(11(14)10(4)15-16)13(17)18-8-6-7-9(2)3/h9H,5-8,14H2,1-4H3. The lowest BCUT2D eigenvalue weighted by molar-refractivity contribution is 0.0482. The van der Waals surface area contributed by atoms with E-state index in [4.69, 9.17) is 10.5 Å².